The molecule has 1 aromatic carbocycles. The first-order valence-electron chi connectivity index (χ1n) is 8.96. The number of aryl methyl sites for hydroxylation is 1. The number of aliphatic hydroxyl groups is 2. The van der Waals surface area contributed by atoms with E-state index in [0.29, 0.717) is 12.5 Å². The highest BCUT2D eigenvalue weighted by atomic mass is 16.3. The fraction of sp³-hybridized carbons (Fsp3) is 0.524. The van der Waals surface area contributed by atoms with Crippen molar-refractivity contribution >= 4 is 0 Å². The van der Waals surface area contributed by atoms with Crippen molar-refractivity contribution in [3.05, 3.63) is 47.5 Å². The van der Waals surface area contributed by atoms with Crippen LogP contribution in [0.4, 0.5) is 0 Å². The topological polar surface area (TPSA) is 43.7 Å². The van der Waals surface area contributed by atoms with Crippen LogP contribution in [0.15, 0.2) is 30.9 Å². The Labute approximate surface area is 145 Å². The molecule has 3 aliphatic heterocycles. The standard InChI is InChI=1S/C21H27NO2/c1-2-4-19-15-17(5-3-14-23)6-7-18(19)8-11-21(24)16-22-12-9-20(21)10-13-22/h2,6-7,15,20,23-24H,1,3-5,9-10,12-14,16H2. The molecule has 3 heteroatoms. The molecule has 4 rings (SSSR count). The first-order chi connectivity index (χ1) is 11.6. The molecule has 3 fully saturated rings. The van der Waals surface area contributed by atoms with E-state index < -0.39 is 5.60 Å². The number of hydrogen-bond donors (Lipinski definition) is 2. The molecule has 2 bridgehead atoms. The van der Waals surface area contributed by atoms with Gasteiger partial charge in [0.25, 0.3) is 0 Å². The second-order valence-electron chi connectivity index (χ2n) is 7.04. The molecule has 3 nitrogen and oxygen atoms in total. The third kappa shape index (κ3) is 3.72. The Morgan fingerprint density at radius 2 is 2.12 bits per heavy atom. The van der Waals surface area contributed by atoms with E-state index in [9.17, 15) is 5.11 Å². The first-order valence-corrected chi connectivity index (χ1v) is 8.96. The van der Waals surface area contributed by atoms with Gasteiger partial charge in [0.1, 0.15) is 5.60 Å². The minimum atomic E-state index is -0.864. The van der Waals surface area contributed by atoms with E-state index in [-0.39, 0.29) is 6.61 Å². The Hall–Kier alpha value is -1.60. The molecule has 3 aliphatic rings. The van der Waals surface area contributed by atoms with Crippen molar-refractivity contribution in [1.82, 2.24) is 4.90 Å². The smallest absolute Gasteiger partial charge is 0.141 e. The van der Waals surface area contributed by atoms with Gasteiger partial charge >= 0.3 is 0 Å². The van der Waals surface area contributed by atoms with Crippen LogP contribution in [-0.2, 0) is 12.8 Å². The summed E-state index contributed by atoms with van der Waals surface area (Å²) in [6.45, 7) is 6.91. The summed E-state index contributed by atoms with van der Waals surface area (Å²) in [6, 6.07) is 6.28. The van der Waals surface area contributed by atoms with Gasteiger partial charge in [-0.3, -0.25) is 4.90 Å². The van der Waals surface area contributed by atoms with Crippen LogP contribution in [0.25, 0.3) is 0 Å². The van der Waals surface area contributed by atoms with Gasteiger partial charge in [0, 0.05) is 24.6 Å². The molecular weight excluding hydrogens is 298 g/mol. The van der Waals surface area contributed by atoms with E-state index in [1.807, 2.05) is 12.1 Å². The molecule has 1 unspecified atom stereocenters. The summed E-state index contributed by atoms with van der Waals surface area (Å²) >= 11 is 0. The minimum absolute atomic E-state index is 0.212. The molecule has 0 amide bonds. The monoisotopic (exact) mass is 325 g/mol. The molecule has 1 atom stereocenters. The molecule has 0 radical (unpaired) electrons. The third-order valence-electron chi connectivity index (χ3n) is 5.30. The van der Waals surface area contributed by atoms with Crippen LogP contribution in [0.5, 0.6) is 0 Å². The molecule has 0 aliphatic carbocycles. The van der Waals surface area contributed by atoms with Crippen molar-refractivity contribution in [2.75, 3.05) is 26.2 Å². The van der Waals surface area contributed by atoms with Crippen LogP contribution in [0, 0.1) is 17.8 Å². The van der Waals surface area contributed by atoms with E-state index in [4.69, 9.17) is 5.11 Å². The molecule has 2 N–H and O–H groups in total. The number of fused-ring (bicyclic) bond motifs is 3. The number of nitrogens with zero attached hydrogens (tertiary/aromatic N) is 1. The molecule has 0 saturated carbocycles. The Morgan fingerprint density at radius 1 is 1.33 bits per heavy atom. The molecule has 128 valence electrons. The lowest BCUT2D eigenvalue weighted by Gasteiger charge is -2.47. The molecular formula is C21H27NO2. The van der Waals surface area contributed by atoms with E-state index in [0.717, 1.165) is 56.3 Å². The minimum Gasteiger partial charge on any atom is -0.396 e. The van der Waals surface area contributed by atoms with Gasteiger partial charge in [-0.05, 0) is 62.4 Å². The fourth-order valence-electron chi connectivity index (χ4n) is 3.89. The van der Waals surface area contributed by atoms with E-state index in [2.05, 4.69) is 35.5 Å². The third-order valence-corrected chi connectivity index (χ3v) is 5.30. The summed E-state index contributed by atoms with van der Waals surface area (Å²) in [5.41, 5.74) is 2.48. The van der Waals surface area contributed by atoms with Crippen molar-refractivity contribution < 1.29 is 10.2 Å². The number of rotatable bonds is 5. The summed E-state index contributed by atoms with van der Waals surface area (Å²) in [5, 5.41) is 19.9. The zero-order valence-electron chi connectivity index (χ0n) is 14.3. The maximum Gasteiger partial charge on any atom is 0.141 e. The van der Waals surface area contributed by atoms with Crippen LogP contribution in [0.1, 0.15) is 36.0 Å². The van der Waals surface area contributed by atoms with Gasteiger partial charge in [-0.25, -0.2) is 0 Å². The Morgan fingerprint density at radius 3 is 2.75 bits per heavy atom. The van der Waals surface area contributed by atoms with Gasteiger partial charge in [-0.1, -0.05) is 30.0 Å². The predicted molar refractivity (Wildman–Crippen MR) is 96.7 cm³/mol. The fourth-order valence-corrected chi connectivity index (χ4v) is 3.89. The lowest BCUT2D eigenvalue weighted by Crippen LogP contribution is -2.58. The van der Waals surface area contributed by atoms with Crippen LogP contribution < -0.4 is 0 Å². The molecule has 24 heavy (non-hydrogen) atoms. The van der Waals surface area contributed by atoms with Gasteiger partial charge < -0.3 is 10.2 Å². The van der Waals surface area contributed by atoms with Crippen LogP contribution in [0.3, 0.4) is 0 Å². The average Bonchev–Trinajstić information content (AvgIpc) is 2.60. The predicted octanol–water partition coefficient (Wildman–Crippen LogP) is 2.15. The van der Waals surface area contributed by atoms with Crippen LogP contribution in [0.2, 0.25) is 0 Å². The van der Waals surface area contributed by atoms with Crippen molar-refractivity contribution in [3.63, 3.8) is 0 Å². The lowest BCUT2D eigenvalue weighted by molar-refractivity contribution is -0.0713. The summed E-state index contributed by atoms with van der Waals surface area (Å²) in [7, 11) is 0. The first kappa shape index (κ1) is 17.2. The molecule has 3 saturated heterocycles. The van der Waals surface area contributed by atoms with E-state index >= 15 is 0 Å². The normalized spacial score (nSPS) is 28.2. The second-order valence-corrected chi connectivity index (χ2v) is 7.04. The lowest BCUT2D eigenvalue weighted by atomic mass is 9.75. The van der Waals surface area contributed by atoms with Crippen LogP contribution >= 0.6 is 0 Å². The maximum absolute atomic E-state index is 11.0. The van der Waals surface area contributed by atoms with Crippen molar-refractivity contribution in [1.29, 1.82) is 0 Å². The second kappa shape index (κ2) is 7.53. The SMILES string of the molecule is C=CCc1cc(CCCO)ccc1C#CC1(O)CN2CCC1CC2. The highest BCUT2D eigenvalue weighted by molar-refractivity contribution is 5.46. The highest BCUT2D eigenvalue weighted by Crippen LogP contribution is 2.35. The van der Waals surface area contributed by atoms with Gasteiger partial charge in [0.05, 0.1) is 0 Å². The summed E-state index contributed by atoms with van der Waals surface area (Å²) in [4.78, 5) is 2.32. The Bertz CT molecular complexity index is 650. The van der Waals surface area contributed by atoms with Gasteiger partial charge in [-0.2, -0.15) is 0 Å². The number of hydrogen-bond acceptors (Lipinski definition) is 3. The molecule has 3 heterocycles. The quantitative estimate of drug-likeness (QED) is 0.644. The Balaban J connectivity index is 1.83. The van der Waals surface area contributed by atoms with Crippen molar-refractivity contribution in [2.24, 2.45) is 5.92 Å². The van der Waals surface area contributed by atoms with Gasteiger partial charge in [0.15, 0.2) is 0 Å². The Kier molecular flexibility index (Phi) is 5.40. The highest BCUT2D eigenvalue weighted by Gasteiger charge is 2.44. The largest absolute Gasteiger partial charge is 0.396 e. The van der Waals surface area contributed by atoms with Gasteiger partial charge in [0.2, 0.25) is 0 Å². The van der Waals surface area contributed by atoms with Crippen molar-refractivity contribution in [3.8, 4) is 11.8 Å². The van der Waals surface area contributed by atoms with Crippen LogP contribution in [-0.4, -0.2) is 47.0 Å². The molecule has 0 aromatic heterocycles. The van der Waals surface area contributed by atoms with Crippen molar-refractivity contribution in [2.45, 2.75) is 37.7 Å². The number of allylic oxidation sites excluding steroid dienone is 1. The van der Waals surface area contributed by atoms with E-state index in [1.165, 1.54) is 5.56 Å². The zero-order chi connectivity index (χ0) is 17.0. The summed E-state index contributed by atoms with van der Waals surface area (Å²) in [5.74, 6) is 6.76. The number of piperidine rings is 3. The average molecular weight is 325 g/mol. The van der Waals surface area contributed by atoms with Gasteiger partial charge in [-0.15, -0.1) is 6.58 Å². The van der Waals surface area contributed by atoms with E-state index in [1.54, 1.807) is 0 Å². The number of benzene rings is 1. The summed E-state index contributed by atoms with van der Waals surface area (Å²) < 4.78 is 0. The maximum atomic E-state index is 11.0. The summed E-state index contributed by atoms with van der Waals surface area (Å²) in [6.07, 6.45) is 6.39. The molecule has 1 aromatic rings. The molecule has 0 spiro atoms. The zero-order valence-corrected chi connectivity index (χ0v) is 14.3. The number of aliphatic hydroxyl groups excluding tert-OH is 1.